The first kappa shape index (κ1) is 9.40. The van der Waals surface area contributed by atoms with Crippen molar-refractivity contribution in [2.24, 2.45) is 5.92 Å². The van der Waals surface area contributed by atoms with Crippen LogP contribution in [0.15, 0.2) is 0 Å². The van der Waals surface area contributed by atoms with Crippen molar-refractivity contribution in [1.82, 2.24) is 0 Å². The van der Waals surface area contributed by atoms with Crippen molar-refractivity contribution in [1.29, 1.82) is 0 Å². The molecule has 0 aromatic heterocycles. The molecule has 2 N–H and O–H groups in total. The molecule has 76 valence electrons. The molecule has 0 aromatic carbocycles. The standard InChI is InChI=1S/C9H16O4/c1-3-5-6(10)8-7(12-5)4(2)9(11)13-8/h4-11H,3H2,1-2H3. The van der Waals surface area contributed by atoms with E-state index < -0.39 is 12.4 Å². The van der Waals surface area contributed by atoms with E-state index in [4.69, 9.17) is 9.47 Å². The fourth-order valence-corrected chi connectivity index (χ4v) is 2.13. The van der Waals surface area contributed by atoms with Crippen LogP contribution in [0.4, 0.5) is 0 Å². The molecule has 2 rings (SSSR count). The molecule has 2 aliphatic heterocycles. The van der Waals surface area contributed by atoms with E-state index in [2.05, 4.69) is 0 Å². The Labute approximate surface area is 77.5 Å². The van der Waals surface area contributed by atoms with E-state index in [0.717, 1.165) is 6.42 Å². The summed E-state index contributed by atoms with van der Waals surface area (Å²) in [7, 11) is 0. The molecule has 2 saturated heterocycles. The molecule has 13 heavy (non-hydrogen) atoms. The van der Waals surface area contributed by atoms with Crippen LogP contribution in [0.3, 0.4) is 0 Å². The predicted molar refractivity (Wildman–Crippen MR) is 45.0 cm³/mol. The van der Waals surface area contributed by atoms with Crippen molar-refractivity contribution in [3.63, 3.8) is 0 Å². The van der Waals surface area contributed by atoms with Gasteiger partial charge in [0.2, 0.25) is 0 Å². The zero-order valence-electron chi connectivity index (χ0n) is 7.88. The fraction of sp³-hybridized carbons (Fsp3) is 1.00. The number of hydrogen-bond donors (Lipinski definition) is 2. The minimum atomic E-state index is -0.789. The van der Waals surface area contributed by atoms with Gasteiger partial charge in [-0.15, -0.1) is 0 Å². The van der Waals surface area contributed by atoms with Gasteiger partial charge in [0.1, 0.15) is 12.2 Å². The Morgan fingerprint density at radius 1 is 1.15 bits per heavy atom. The molecule has 2 fully saturated rings. The monoisotopic (exact) mass is 188 g/mol. The van der Waals surface area contributed by atoms with Gasteiger partial charge in [-0.1, -0.05) is 13.8 Å². The van der Waals surface area contributed by atoms with Crippen LogP contribution in [0.25, 0.3) is 0 Å². The highest BCUT2D eigenvalue weighted by Gasteiger charge is 2.53. The summed E-state index contributed by atoms with van der Waals surface area (Å²) < 4.78 is 10.8. The first-order valence-electron chi connectivity index (χ1n) is 4.82. The highest BCUT2D eigenvalue weighted by atomic mass is 16.7. The van der Waals surface area contributed by atoms with Gasteiger partial charge in [-0.25, -0.2) is 0 Å². The molecule has 4 nitrogen and oxygen atoms in total. The Kier molecular flexibility index (Phi) is 2.32. The third-order valence-corrected chi connectivity index (χ3v) is 3.04. The van der Waals surface area contributed by atoms with Crippen molar-refractivity contribution in [2.75, 3.05) is 0 Å². The SMILES string of the molecule is CCC1OC2C(C)C(O)OC2C1O. The molecule has 0 radical (unpaired) electrons. The van der Waals surface area contributed by atoms with E-state index in [1.54, 1.807) is 0 Å². The lowest BCUT2D eigenvalue weighted by Gasteiger charge is -2.17. The Morgan fingerprint density at radius 2 is 1.85 bits per heavy atom. The molecule has 0 bridgehead atoms. The van der Waals surface area contributed by atoms with E-state index in [1.807, 2.05) is 13.8 Å². The van der Waals surface area contributed by atoms with Crippen molar-refractivity contribution in [3.05, 3.63) is 0 Å². The molecular formula is C9H16O4. The van der Waals surface area contributed by atoms with Gasteiger partial charge in [0.15, 0.2) is 6.29 Å². The lowest BCUT2D eigenvalue weighted by atomic mass is 10.0. The first-order valence-corrected chi connectivity index (χ1v) is 4.82. The first-order chi connectivity index (χ1) is 6.15. The number of rotatable bonds is 1. The van der Waals surface area contributed by atoms with Crippen LogP contribution in [-0.2, 0) is 9.47 Å². The van der Waals surface area contributed by atoms with E-state index in [1.165, 1.54) is 0 Å². The van der Waals surface area contributed by atoms with Gasteiger partial charge >= 0.3 is 0 Å². The van der Waals surface area contributed by atoms with Crippen LogP contribution in [0.1, 0.15) is 20.3 Å². The van der Waals surface area contributed by atoms with Crippen LogP contribution in [-0.4, -0.2) is 40.9 Å². The summed E-state index contributed by atoms with van der Waals surface area (Å²) in [6.07, 6.45) is -1.22. The van der Waals surface area contributed by atoms with Crippen molar-refractivity contribution < 1.29 is 19.7 Å². The van der Waals surface area contributed by atoms with Gasteiger partial charge in [-0.3, -0.25) is 0 Å². The van der Waals surface area contributed by atoms with Gasteiger partial charge in [0.25, 0.3) is 0 Å². The third kappa shape index (κ3) is 1.29. The zero-order valence-corrected chi connectivity index (χ0v) is 7.88. The maximum absolute atomic E-state index is 9.73. The van der Waals surface area contributed by atoms with Gasteiger partial charge in [-0.05, 0) is 6.42 Å². The summed E-state index contributed by atoms with van der Waals surface area (Å²) in [5, 5.41) is 19.1. The Bertz CT molecular complexity index is 196. The molecule has 0 aromatic rings. The quantitative estimate of drug-likeness (QED) is 0.602. The highest BCUT2D eigenvalue weighted by Crippen LogP contribution is 2.37. The summed E-state index contributed by atoms with van der Waals surface area (Å²) >= 11 is 0. The second kappa shape index (κ2) is 3.20. The highest BCUT2D eigenvalue weighted by molar-refractivity contribution is 4.98. The molecular weight excluding hydrogens is 172 g/mol. The van der Waals surface area contributed by atoms with Gasteiger partial charge in [0, 0.05) is 5.92 Å². The van der Waals surface area contributed by atoms with Crippen molar-refractivity contribution in [3.8, 4) is 0 Å². The molecule has 0 amide bonds. The van der Waals surface area contributed by atoms with Gasteiger partial charge < -0.3 is 19.7 Å². The maximum atomic E-state index is 9.73. The molecule has 4 heteroatoms. The lowest BCUT2D eigenvalue weighted by molar-refractivity contribution is -0.137. The normalized spacial score (nSPS) is 55.4. The lowest BCUT2D eigenvalue weighted by Crippen LogP contribution is -2.32. The fourth-order valence-electron chi connectivity index (χ4n) is 2.13. The zero-order chi connectivity index (χ0) is 9.59. The average Bonchev–Trinajstić information content (AvgIpc) is 2.56. The molecule has 2 heterocycles. The molecule has 0 aliphatic carbocycles. The predicted octanol–water partition coefficient (Wildman–Crippen LogP) is -0.122. The van der Waals surface area contributed by atoms with Gasteiger partial charge in [-0.2, -0.15) is 0 Å². The number of aliphatic hydroxyl groups is 2. The molecule has 6 atom stereocenters. The number of fused-ring (bicyclic) bond motifs is 1. The Balaban J connectivity index is 2.10. The summed E-state index contributed by atoms with van der Waals surface area (Å²) in [6, 6.07) is 0. The average molecular weight is 188 g/mol. The summed E-state index contributed by atoms with van der Waals surface area (Å²) in [5.74, 6) is -0.0452. The third-order valence-electron chi connectivity index (χ3n) is 3.04. The Morgan fingerprint density at radius 3 is 2.38 bits per heavy atom. The second-order valence-electron chi connectivity index (χ2n) is 3.89. The summed E-state index contributed by atoms with van der Waals surface area (Å²) in [4.78, 5) is 0. The number of hydrogen-bond acceptors (Lipinski definition) is 4. The van der Waals surface area contributed by atoms with Crippen LogP contribution in [0, 0.1) is 5.92 Å². The van der Waals surface area contributed by atoms with E-state index >= 15 is 0 Å². The van der Waals surface area contributed by atoms with Crippen molar-refractivity contribution >= 4 is 0 Å². The minimum absolute atomic E-state index is 0.0452. The molecule has 0 saturated carbocycles. The summed E-state index contributed by atoms with van der Waals surface area (Å²) in [5.41, 5.74) is 0. The number of aliphatic hydroxyl groups excluding tert-OH is 2. The van der Waals surface area contributed by atoms with Crippen LogP contribution < -0.4 is 0 Å². The molecule has 0 spiro atoms. The second-order valence-corrected chi connectivity index (χ2v) is 3.89. The topological polar surface area (TPSA) is 58.9 Å². The van der Waals surface area contributed by atoms with Gasteiger partial charge in [0.05, 0.1) is 12.2 Å². The van der Waals surface area contributed by atoms with Crippen LogP contribution in [0.2, 0.25) is 0 Å². The van der Waals surface area contributed by atoms with E-state index in [-0.39, 0.29) is 24.2 Å². The molecule has 2 aliphatic rings. The van der Waals surface area contributed by atoms with E-state index in [0.29, 0.717) is 0 Å². The summed E-state index contributed by atoms with van der Waals surface area (Å²) in [6.45, 7) is 3.84. The Hall–Kier alpha value is -0.160. The molecule has 6 unspecified atom stereocenters. The van der Waals surface area contributed by atoms with Crippen LogP contribution in [0.5, 0.6) is 0 Å². The maximum Gasteiger partial charge on any atom is 0.160 e. The number of ether oxygens (including phenoxy) is 2. The largest absolute Gasteiger partial charge is 0.388 e. The van der Waals surface area contributed by atoms with Crippen LogP contribution >= 0.6 is 0 Å². The van der Waals surface area contributed by atoms with E-state index in [9.17, 15) is 10.2 Å². The smallest absolute Gasteiger partial charge is 0.160 e. The minimum Gasteiger partial charge on any atom is -0.388 e. The van der Waals surface area contributed by atoms with Crippen molar-refractivity contribution in [2.45, 2.75) is 51.0 Å².